The van der Waals surface area contributed by atoms with Crippen molar-refractivity contribution >= 4 is 0 Å². The quantitative estimate of drug-likeness (QED) is 0.544. The van der Waals surface area contributed by atoms with Crippen molar-refractivity contribution in [2.24, 2.45) is 0 Å². The third-order valence-electron chi connectivity index (χ3n) is 4.76. The van der Waals surface area contributed by atoms with Crippen molar-refractivity contribution in [1.29, 1.82) is 5.26 Å². The van der Waals surface area contributed by atoms with Gasteiger partial charge in [0, 0.05) is 24.7 Å². The molecule has 0 amide bonds. The predicted octanol–water partition coefficient (Wildman–Crippen LogP) is 2.65. The first-order chi connectivity index (χ1) is 14.4. The van der Waals surface area contributed by atoms with Crippen molar-refractivity contribution in [2.45, 2.75) is 18.6 Å². The largest absolute Gasteiger partial charge is 0.382 e. The molecule has 0 radical (unpaired) electrons. The van der Waals surface area contributed by atoms with Crippen LogP contribution in [0.3, 0.4) is 0 Å². The van der Waals surface area contributed by atoms with E-state index in [4.69, 9.17) is 0 Å². The molecule has 1 unspecified atom stereocenters. The van der Waals surface area contributed by atoms with Gasteiger partial charge in [-0.1, -0.05) is 24.3 Å². The summed E-state index contributed by atoms with van der Waals surface area (Å²) in [5, 5.41) is 24.6. The molecule has 1 atom stereocenters. The second-order valence-electron chi connectivity index (χ2n) is 6.96. The molecule has 0 saturated carbocycles. The number of hydrogen-bond donors (Lipinski definition) is 1. The van der Waals surface area contributed by atoms with E-state index in [1.807, 2.05) is 6.07 Å². The standard InChI is InChI=1S/C21H20F3N5O/c22-17-5-6-18(20(24)11-17)21(30,13-29-15-26-14-27-29)12-28(10-8-25)9-7-16-3-1-2-4-19(16)23/h1-6,11,14-15,30H,7,9-10,12-13H2. The van der Waals surface area contributed by atoms with Gasteiger partial charge in [-0.3, -0.25) is 4.90 Å². The van der Waals surface area contributed by atoms with Gasteiger partial charge >= 0.3 is 0 Å². The monoisotopic (exact) mass is 415 g/mol. The van der Waals surface area contributed by atoms with Gasteiger partial charge in [-0.05, 0) is 24.1 Å². The smallest absolute Gasteiger partial charge is 0.137 e. The van der Waals surface area contributed by atoms with Crippen molar-refractivity contribution < 1.29 is 18.3 Å². The van der Waals surface area contributed by atoms with Gasteiger partial charge in [-0.2, -0.15) is 10.4 Å². The van der Waals surface area contributed by atoms with Crippen LogP contribution in [-0.2, 0) is 18.6 Å². The lowest BCUT2D eigenvalue weighted by molar-refractivity contribution is -0.0186. The summed E-state index contributed by atoms with van der Waals surface area (Å²) in [4.78, 5) is 5.41. The molecule has 3 rings (SSSR count). The lowest BCUT2D eigenvalue weighted by Crippen LogP contribution is -2.45. The maximum Gasteiger partial charge on any atom is 0.137 e. The van der Waals surface area contributed by atoms with Crippen LogP contribution in [0.15, 0.2) is 55.1 Å². The Balaban J connectivity index is 1.87. The Hall–Kier alpha value is -3.22. The zero-order valence-corrected chi connectivity index (χ0v) is 16.0. The van der Waals surface area contributed by atoms with Crippen molar-refractivity contribution in [3.05, 3.63) is 83.7 Å². The number of hydrogen-bond acceptors (Lipinski definition) is 5. The second-order valence-corrected chi connectivity index (χ2v) is 6.96. The Morgan fingerprint density at radius 1 is 1.13 bits per heavy atom. The third kappa shape index (κ3) is 5.23. The minimum atomic E-state index is -1.84. The lowest BCUT2D eigenvalue weighted by Gasteiger charge is -2.34. The number of nitriles is 1. The average Bonchev–Trinajstić information content (AvgIpc) is 3.20. The van der Waals surface area contributed by atoms with Gasteiger partial charge in [0.25, 0.3) is 0 Å². The van der Waals surface area contributed by atoms with Crippen LogP contribution in [0.4, 0.5) is 13.2 Å². The highest BCUT2D eigenvalue weighted by Crippen LogP contribution is 2.28. The molecule has 0 aliphatic heterocycles. The van der Waals surface area contributed by atoms with Crippen LogP contribution in [-0.4, -0.2) is 44.4 Å². The fourth-order valence-corrected chi connectivity index (χ4v) is 3.33. The lowest BCUT2D eigenvalue weighted by atomic mass is 9.92. The van der Waals surface area contributed by atoms with Gasteiger partial charge in [-0.15, -0.1) is 0 Å². The molecular weight excluding hydrogens is 395 g/mol. The summed E-state index contributed by atoms with van der Waals surface area (Å²) in [5.41, 5.74) is -1.50. The molecule has 1 aromatic heterocycles. The number of rotatable bonds is 9. The second kappa shape index (κ2) is 9.52. The maximum atomic E-state index is 14.5. The first kappa shape index (κ1) is 21.5. The molecule has 156 valence electrons. The highest BCUT2D eigenvalue weighted by Gasteiger charge is 2.35. The molecule has 0 aliphatic carbocycles. The van der Waals surface area contributed by atoms with E-state index >= 15 is 0 Å². The van der Waals surface area contributed by atoms with E-state index in [0.717, 1.165) is 6.07 Å². The van der Waals surface area contributed by atoms with E-state index in [9.17, 15) is 23.5 Å². The first-order valence-corrected chi connectivity index (χ1v) is 9.24. The van der Waals surface area contributed by atoms with Gasteiger partial charge in [0.05, 0.1) is 19.2 Å². The van der Waals surface area contributed by atoms with Crippen LogP contribution in [0.5, 0.6) is 0 Å². The highest BCUT2D eigenvalue weighted by atomic mass is 19.1. The van der Waals surface area contributed by atoms with Gasteiger partial charge < -0.3 is 5.11 Å². The number of aromatic nitrogens is 3. The summed E-state index contributed by atoms with van der Waals surface area (Å²) in [5.74, 6) is -2.05. The molecule has 0 fully saturated rings. The molecule has 30 heavy (non-hydrogen) atoms. The molecule has 0 spiro atoms. The van der Waals surface area contributed by atoms with E-state index in [0.29, 0.717) is 18.1 Å². The molecule has 0 saturated heterocycles. The van der Waals surface area contributed by atoms with E-state index in [2.05, 4.69) is 10.1 Å². The van der Waals surface area contributed by atoms with Crippen LogP contribution in [0, 0.1) is 28.8 Å². The zero-order chi connectivity index (χ0) is 21.6. The summed E-state index contributed by atoms with van der Waals surface area (Å²) in [7, 11) is 0. The third-order valence-corrected chi connectivity index (χ3v) is 4.76. The molecular formula is C21H20F3N5O. The Morgan fingerprint density at radius 2 is 1.93 bits per heavy atom. The summed E-state index contributed by atoms with van der Waals surface area (Å²) >= 11 is 0. The number of nitrogens with zero attached hydrogens (tertiary/aromatic N) is 5. The van der Waals surface area contributed by atoms with Crippen LogP contribution >= 0.6 is 0 Å². The van der Waals surface area contributed by atoms with E-state index in [1.54, 1.807) is 23.1 Å². The number of aliphatic hydroxyl groups is 1. The van der Waals surface area contributed by atoms with Crippen LogP contribution in [0.2, 0.25) is 0 Å². The topological polar surface area (TPSA) is 78.0 Å². The molecule has 1 heterocycles. The van der Waals surface area contributed by atoms with Crippen LogP contribution in [0.1, 0.15) is 11.1 Å². The molecule has 6 nitrogen and oxygen atoms in total. The van der Waals surface area contributed by atoms with E-state index in [-0.39, 0.29) is 37.6 Å². The Kier molecular flexibility index (Phi) is 6.82. The Bertz CT molecular complexity index is 1020. The molecule has 1 N–H and O–H groups in total. The first-order valence-electron chi connectivity index (χ1n) is 9.24. The van der Waals surface area contributed by atoms with E-state index in [1.165, 1.54) is 29.5 Å². The fourth-order valence-electron chi connectivity index (χ4n) is 3.33. The van der Waals surface area contributed by atoms with Crippen molar-refractivity contribution in [2.75, 3.05) is 19.6 Å². The van der Waals surface area contributed by atoms with Crippen molar-refractivity contribution in [3.8, 4) is 6.07 Å². The van der Waals surface area contributed by atoms with Gasteiger partial charge in [0.15, 0.2) is 0 Å². The van der Waals surface area contributed by atoms with Crippen LogP contribution < -0.4 is 0 Å². The van der Waals surface area contributed by atoms with Gasteiger partial charge in [-0.25, -0.2) is 22.8 Å². The molecule has 0 aliphatic rings. The summed E-state index contributed by atoms with van der Waals surface area (Å²) in [6.07, 6.45) is 2.92. The minimum absolute atomic E-state index is 0.0725. The summed E-state index contributed by atoms with van der Waals surface area (Å²) in [6, 6.07) is 11.2. The molecule has 0 bridgehead atoms. The average molecular weight is 415 g/mol. The molecule has 2 aromatic carbocycles. The zero-order valence-electron chi connectivity index (χ0n) is 16.0. The van der Waals surface area contributed by atoms with E-state index < -0.39 is 17.2 Å². The SMILES string of the molecule is N#CCN(CCc1ccccc1F)CC(O)(Cn1cncn1)c1ccc(F)cc1F. The summed E-state index contributed by atoms with van der Waals surface area (Å²) in [6.45, 7) is -0.150. The maximum absolute atomic E-state index is 14.5. The van der Waals surface area contributed by atoms with Gasteiger partial charge in [0.2, 0.25) is 0 Å². The Labute approximate surface area is 171 Å². The highest BCUT2D eigenvalue weighted by molar-refractivity contribution is 5.26. The predicted molar refractivity (Wildman–Crippen MR) is 102 cm³/mol. The van der Waals surface area contributed by atoms with Crippen molar-refractivity contribution in [3.63, 3.8) is 0 Å². The minimum Gasteiger partial charge on any atom is -0.382 e. The molecule has 9 heteroatoms. The Morgan fingerprint density at radius 3 is 2.60 bits per heavy atom. The number of benzene rings is 2. The normalized spacial score (nSPS) is 13.2. The fraction of sp³-hybridized carbons (Fsp3) is 0.286. The molecule has 3 aromatic rings. The van der Waals surface area contributed by atoms with Crippen LogP contribution in [0.25, 0.3) is 0 Å². The summed E-state index contributed by atoms with van der Waals surface area (Å²) < 4.78 is 43.2. The van der Waals surface area contributed by atoms with Crippen molar-refractivity contribution in [1.82, 2.24) is 19.7 Å². The van der Waals surface area contributed by atoms with Gasteiger partial charge in [0.1, 0.15) is 35.7 Å². The number of halogens is 3.